The number of anilines is 1. The molecular formula is C21H28N4O5S. The van der Waals surface area contributed by atoms with E-state index in [0.717, 1.165) is 19.1 Å². The molecule has 1 fully saturated rings. The van der Waals surface area contributed by atoms with E-state index in [1.54, 1.807) is 38.6 Å². The zero-order valence-corrected chi connectivity index (χ0v) is 18.8. The van der Waals surface area contributed by atoms with Crippen LogP contribution < -0.4 is 9.64 Å². The molecule has 0 bridgehead atoms. The van der Waals surface area contributed by atoms with Crippen LogP contribution in [0.15, 0.2) is 41.4 Å². The van der Waals surface area contributed by atoms with Crippen molar-refractivity contribution in [2.75, 3.05) is 51.6 Å². The predicted octanol–water partition coefficient (Wildman–Crippen LogP) is 1.65. The van der Waals surface area contributed by atoms with Crippen LogP contribution in [-0.4, -0.2) is 82.0 Å². The van der Waals surface area contributed by atoms with E-state index in [0.29, 0.717) is 43.6 Å². The second-order valence-electron chi connectivity index (χ2n) is 7.41. The van der Waals surface area contributed by atoms with E-state index in [1.165, 1.54) is 12.1 Å². The van der Waals surface area contributed by atoms with Gasteiger partial charge in [0.2, 0.25) is 11.8 Å². The van der Waals surface area contributed by atoms with Crippen molar-refractivity contribution in [2.45, 2.75) is 23.8 Å². The van der Waals surface area contributed by atoms with E-state index >= 15 is 0 Å². The molecule has 0 aliphatic carbocycles. The van der Waals surface area contributed by atoms with Gasteiger partial charge in [-0.3, -0.25) is 4.79 Å². The lowest BCUT2D eigenvalue weighted by molar-refractivity contribution is 0.0568. The van der Waals surface area contributed by atoms with Crippen LogP contribution in [0.4, 0.5) is 5.95 Å². The number of carbonyl (C=O) groups excluding carboxylic acids is 1. The normalized spacial score (nSPS) is 15.0. The summed E-state index contributed by atoms with van der Waals surface area (Å²) in [5, 5.41) is 0. The molecule has 2 heterocycles. The van der Waals surface area contributed by atoms with Gasteiger partial charge >= 0.3 is 0 Å². The van der Waals surface area contributed by atoms with Crippen molar-refractivity contribution in [1.82, 2.24) is 14.9 Å². The van der Waals surface area contributed by atoms with Gasteiger partial charge in [0.15, 0.2) is 9.84 Å². The molecule has 31 heavy (non-hydrogen) atoms. The fourth-order valence-electron chi connectivity index (χ4n) is 3.63. The fraction of sp³-hybridized carbons (Fsp3) is 0.476. The Morgan fingerprint density at radius 1 is 1.16 bits per heavy atom. The average Bonchev–Trinajstić information content (AvgIpc) is 2.79. The third-order valence-electron chi connectivity index (χ3n) is 5.34. The zero-order chi connectivity index (χ0) is 22.4. The van der Waals surface area contributed by atoms with Gasteiger partial charge in [-0.1, -0.05) is 0 Å². The molecule has 0 saturated carbocycles. The lowest BCUT2D eigenvalue weighted by Gasteiger charge is -2.38. The minimum atomic E-state index is -3.31. The number of piperidine rings is 1. The first-order chi connectivity index (χ1) is 14.8. The average molecular weight is 449 g/mol. The Balaban J connectivity index is 1.71. The summed E-state index contributed by atoms with van der Waals surface area (Å²) in [5.41, 5.74) is 0.460. The molecule has 168 valence electrons. The predicted molar refractivity (Wildman–Crippen MR) is 116 cm³/mol. The molecule has 1 amide bonds. The van der Waals surface area contributed by atoms with Crippen LogP contribution >= 0.6 is 0 Å². The van der Waals surface area contributed by atoms with Crippen LogP contribution in [0.1, 0.15) is 23.2 Å². The van der Waals surface area contributed by atoms with E-state index in [-0.39, 0.29) is 16.8 Å². The third-order valence-corrected chi connectivity index (χ3v) is 6.47. The summed E-state index contributed by atoms with van der Waals surface area (Å²) in [4.78, 5) is 26.0. The maximum absolute atomic E-state index is 13.2. The molecule has 1 saturated heterocycles. The molecule has 3 rings (SSSR count). The van der Waals surface area contributed by atoms with Crippen molar-refractivity contribution >= 4 is 21.7 Å². The van der Waals surface area contributed by atoms with E-state index in [2.05, 4.69) is 14.9 Å². The molecule has 0 spiro atoms. The van der Waals surface area contributed by atoms with Crippen LogP contribution in [0, 0.1) is 0 Å². The number of sulfone groups is 1. The number of carbonyl (C=O) groups is 1. The highest BCUT2D eigenvalue weighted by molar-refractivity contribution is 7.90. The standard InChI is InChI=1S/C21H28N4O5S/c1-29-15-14-25(20(26)16-4-6-18(7-5-16)31(3,27)28)17-9-12-24(13-10-17)21-22-11-8-19(23-21)30-2/h4-8,11,17H,9-10,12-15H2,1-3H3. The third kappa shape index (κ3) is 5.71. The van der Waals surface area contributed by atoms with E-state index in [1.807, 2.05) is 4.90 Å². The summed E-state index contributed by atoms with van der Waals surface area (Å²) < 4.78 is 33.8. The van der Waals surface area contributed by atoms with Crippen molar-refractivity contribution in [3.05, 3.63) is 42.1 Å². The second-order valence-corrected chi connectivity index (χ2v) is 9.42. The molecule has 1 aliphatic rings. The molecule has 1 aromatic heterocycles. The Morgan fingerprint density at radius 2 is 1.84 bits per heavy atom. The smallest absolute Gasteiger partial charge is 0.254 e. The van der Waals surface area contributed by atoms with Gasteiger partial charge < -0.3 is 19.3 Å². The highest BCUT2D eigenvalue weighted by Crippen LogP contribution is 2.23. The number of amides is 1. The van der Waals surface area contributed by atoms with Crippen molar-refractivity contribution in [3.63, 3.8) is 0 Å². The second kappa shape index (κ2) is 10.1. The van der Waals surface area contributed by atoms with Crippen molar-refractivity contribution in [3.8, 4) is 5.88 Å². The molecule has 1 aliphatic heterocycles. The Morgan fingerprint density at radius 3 is 2.42 bits per heavy atom. The summed E-state index contributed by atoms with van der Waals surface area (Å²) in [7, 11) is -0.136. The van der Waals surface area contributed by atoms with Crippen LogP contribution in [0.5, 0.6) is 5.88 Å². The van der Waals surface area contributed by atoms with Gasteiger partial charge in [-0.25, -0.2) is 13.4 Å². The number of aromatic nitrogens is 2. The molecule has 0 N–H and O–H groups in total. The molecule has 9 nitrogen and oxygen atoms in total. The number of rotatable bonds is 8. The largest absolute Gasteiger partial charge is 0.481 e. The van der Waals surface area contributed by atoms with Gasteiger partial charge in [0, 0.05) is 56.9 Å². The Kier molecular flexibility index (Phi) is 7.45. The van der Waals surface area contributed by atoms with Crippen LogP contribution in [-0.2, 0) is 14.6 Å². The van der Waals surface area contributed by atoms with Crippen molar-refractivity contribution < 1.29 is 22.7 Å². The highest BCUT2D eigenvalue weighted by Gasteiger charge is 2.29. The quantitative estimate of drug-likeness (QED) is 0.601. The minimum absolute atomic E-state index is 0.0408. The van der Waals surface area contributed by atoms with Gasteiger partial charge in [-0.15, -0.1) is 0 Å². The first-order valence-electron chi connectivity index (χ1n) is 10.1. The summed E-state index contributed by atoms with van der Waals surface area (Å²) in [6.07, 6.45) is 4.34. The summed E-state index contributed by atoms with van der Waals surface area (Å²) in [5.74, 6) is 0.999. The molecular weight excluding hydrogens is 420 g/mol. The zero-order valence-electron chi connectivity index (χ0n) is 18.0. The van der Waals surface area contributed by atoms with Gasteiger partial charge in [0.05, 0.1) is 18.6 Å². The summed E-state index contributed by atoms with van der Waals surface area (Å²) >= 11 is 0. The Hall–Kier alpha value is -2.72. The number of hydrogen-bond donors (Lipinski definition) is 0. The molecule has 0 atom stereocenters. The van der Waals surface area contributed by atoms with Crippen molar-refractivity contribution in [2.24, 2.45) is 0 Å². The van der Waals surface area contributed by atoms with Crippen LogP contribution in [0.2, 0.25) is 0 Å². The minimum Gasteiger partial charge on any atom is -0.481 e. The summed E-state index contributed by atoms with van der Waals surface area (Å²) in [6.45, 7) is 2.30. The molecule has 0 unspecified atom stereocenters. The number of nitrogens with zero attached hydrogens (tertiary/aromatic N) is 4. The van der Waals surface area contributed by atoms with Gasteiger partial charge in [0.1, 0.15) is 0 Å². The molecule has 1 aromatic carbocycles. The van der Waals surface area contributed by atoms with Crippen molar-refractivity contribution in [1.29, 1.82) is 0 Å². The van der Waals surface area contributed by atoms with Gasteiger partial charge in [-0.05, 0) is 37.1 Å². The van der Waals surface area contributed by atoms with E-state index in [4.69, 9.17) is 9.47 Å². The first kappa shape index (κ1) is 23.0. The Labute approximate surface area is 182 Å². The van der Waals surface area contributed by atoms with Gasteiger partial charge in [-0.2, -0.15) is 4.98 Å². The lowest BCUT2D eigenvalue weighted by Crippen LogP contribution is -2.49. The fourth-order valence-corrected chi connectivity index (χ4v) is 4.26. The monoisotopic (exact) mass is 448 g/mol. The number of benzene rings is 1. The summed E-state index contributed by atoms with van der Waals surface area (Å²) in [6, 6.07) is 7.82. The lowest BCUT2D eigenvalue weighted by atomic mass is 10.0. The maximum Gasteiger partial charge on any atom is 0.254 e. The van der Waals surface area contributed by atoms with Gasteiger partial charge in [0.25, 0.3) is 5.91 Å². The molecule has 10 heteroatoms. The number of methoxy groups -OCH3 is 2. The number of ether oxygens (including phenoxy) is 2. The van der Waals surface area contributed by atoms with Crippen LogP contribution in [0.25, 0.3) is 0 Å². The maximum atomic E-state index is 13.2. The highest BCUT2D eigenvalue weighted by atomic mass is 32.2. The first-order valence-corrected chi connectivity index (χ1v) is 11.9. The Bertz CT molecular complexity index is 989. The number of hydrogen-bond acceptors (Lipinski definition) is 8. The van der Waals surface area contributed by atoms with E-state index in [9.17, 15) is 13.2 Å². The topological polar surface area (TPSA) is 102 Å². The molecule has 2 aromatic rings. The van der Waals surface area contributed by atoms with Crippen LogP contribution in [0.3, 0.4) is 0 Å². The molecule has 0 radical (unpaired) electrons. The van der Waals surface area contributed by atoms with E-state index < -0.39 is 9.84 Å². The SMILES string of the molecule is COCCN(C(=O)c1ccc(S(C)(=O)=O)cc1)C1CCN(c2nccc(OC)n2)CC1.